The van der Waals surface area contributed by atoms with Gasteiger partial charge in [0.15, 0.2) is 0 Å². The fourth-order valence-corrected chi connectivity index (χ4v) is 2.16. The second-order valence-corrected chi connectivity index (χ2v) is 5.11. The summed E-state index contributed by atoms with van der Waals surface area (Å²) in [6.45, 7) is 7.60. The quantitative estimate of drug-likeness (QED) is 0.703. The van der Waals surface area contributed by atoms with Gasteiger partial charge in [0, 0.05) is 12.1 Å². The smallest absolute Gasteiger partial charge is 0.00698 e. The largest absolute Gasteiger partial charge is 0.330 e. The minimum Gasteiger partial charge on any atom is -0.330 e. The van der Waals surface area contributed by atoms with Crippen molar-refractivity contribution in [3.8, 4) is 0 Å². The zero-order valence-electron chi connectivity index (χ0n) is 9.27. The van der Waals surface area contributed by atoms with Gasteiger partial charge in [-0.25, -0.2) is 0 Å². The molecule has 0 unspecified atom stereocenters. The minimum atomic E-state index is 0.426. The summed E-state index contributed by atoms with van der Waals surface area (Å²) in [5.74, 6) is 0. The normalized spacial score (nSPS) is 35.3. The molecule has 0 spiro atoms. The summed E-state index contributed by atoms with van der Waals surface area (Å²) in [7, 11) is 0. The first-order valence-electron chi connectivity index (χ1n) is 5.52. The van der Waals surface area contributed by atoms with E-state index in [0.29, 0.717) is 11.5 Å². The van der Waals surface area contributed by atoms with Crippen molar-refractivity contribution in [2.45, 2.75) is 58.5 Å². The zero-order chi connectivity index (χ0) is 9.90. The Kier molecular flexibility index (Phi) is 3.74. The van der Waals surface area contributed by atoms with Crippen LogP contribution >= 0.6 is 0 Å². The van der Waals surface area contributed by atoms with E-state index >= 15 is 0 Å². The van der Waals surface area contributed by atoms with E-state index in [9.17, 15) is 0 Å². The van der Waals surface area contributed by atoms with E-state index in [0.717, 1.165) is 12.6 Å². The molecular formula is C11H24N2. The zero-order valence-corrected chi connectivity index (χ0v) is 9.27. The Labute approximate surface area is 82.3 Å². The molecule has 1 saturated carbocycles. The molecular weight excluding hydrogens is 160 g/mol. The molecule has 0 aromatic rings. The minimum absolute atomic E-state index is 0.426. The van der Waals surface area contributed by atoms with E-state index in [1.54, 1.807) is 0 Å². The molecule has 0 heterocycles. The summed E-state index contributed by atoms with van der Waals surface area (Å²) < 4.78 is 0. The maximum atomic E-state index is 5.76. The molecule has 1 rings (SSSR count). The van der Waals surface area contributed by atoms with Crippen molar-refractivity contribution in [1.82, 2.24) is 5.32 Å². The van der Waals surface area contributed by atoms with Crippen molar-refractivity contribution in [3.63, 3.8) is 0 Å². The summed E-state index contributed by atoms with van der Waals surface area (Å²) >= 11 is 0. The number of rotatable bonds is 3. The van der Waals surface area contributed by atoms with Gasteiger partial charge in [0.05, 0.1) is 0 Å². The van der Waals surface area contributed by atoms with Crippen LogP contribution < -0.4 is 11.1 Å². The standard InChI is InChI=1S/C11H24N2/c1-9(2)13-10-4-6-11(3,8-12)7-5-10/h9-10,13H,4-8,12H2,1-3H3. The van der Waals surface area contributed by atoms with Crippen molar-refractivity contribution in [2.24, 2.45) is 11.1 Å². The van der Waals surface area contributed by atoms with E-state index in [4.69, 9.17) is 5.73 Å². The third-order valence-electron chi connectivity index (χ3n) is 3.25. The highest BCUT2D eigenvalue weighted by Crippen LogP contribution is 2.34. The number of nitrogens with one attached hydrogen (secondary N) is 1. The molecule has 0 aromatic carbocycles. The Morgan fingerprint density at radius 3 is 2.31 bits per heavy atom. The average molecular weight is 184 g/mol. The Balaban J connectivity index is 2.30. The third kappa shape index (κ3) is 3.28. The van der Waals surface area contributed by atoms with Gasteiger partial charge in [0.25, 0.3) is 0 Å². The van der Waals surface area contributed by atoms with Crippen LogP contribution in [0.1, 0.15) is 46.5 Å². The number of nitrogens with two attached hydrogens (primary N) is 1. The SMILES string of the molecule is CC(C)NC1CCC(C)(CN)CC1. The monoisotopic (exact) mass is 184 g/mol. The lowest BCUT2D eigenvalue weighted by Crippen LogP contribution is -2.42. The molecule has 0 saturated heterocycles. The maximum Gasteiger partial charge on any atom is 0.00698 e. The molecule has 3 N–H and O–H groups in total. The van der Waals surface area contributed by atoms with Gasteiger partial charge in [-0.15, -0.1) is 0 Å². The van der Waals surface area contributed by atoms with Gasteiger partial charge >= 0.3 is 0 Å². The molecule has 2 nitrogen and oxygen atoms in total. The average Bonchev–Trinajstić information content (AvgIpc) is 2.09. The predicted molar refractivity (Wildman–Crippen MR) is 57.7 cm³/mol. The maximum absolute atomic E-state index is 5.76. The highest BCUT2D eigenvalue weighted by Gasteiger charge is 2.29. The Morgan fingerprint density at radius 1 is 1.38 bits per heavy atom. The molecule has 1 fully saturated rings. The van der Waals surface area contributed by atoms with Crippen LogP contribution in [-0.2, 0) is 0 Å². The van der Waals surface area contributed by atoms with Gasteiger partial charge in [-0.2, -0.15) is 0 Å². The second kappa shape index (κ2) is 4.43. The molecule has 0 bridgehead atoms. The lowest BCUT2D eigenvalue weighted by atomic mass is 9.74. The molecule has 1 aliphatic carbocycles. The van der Waals surface area contributed by atoms with Gasteiger partial charge in [0.1, 0.15) is 0 Å². The van der Waals surface area contributed by atoms with Gasteiger partial charge in [-0.05, 0) is 37.6 Å². The number of hydrogen-bond donors (Lipinski definition) is 2. The molecule has 0 atom stereocenters. The van der Waals surface area contributed by atoms with Crippen LogP contribution in [0.15, 0.2) is 0 Å². The summed E-state index contributed by atoms with van der Waals surface area (Å²) in [5, 5.41) is 3.60. The van der Waals surface area contributed by atoms with Crippen LogP contribution in [0.4, 0.5) is 0 Å². The Hall–Kier alpha value is -0.0800. The first kappa shape index (κ1) is 11.0. The molecule has 0 aromatic heterocycles. The van der Waals surface area contributed by atoms with E-state index in [2.05, 4.69) is 26.1 Å². The van der Waals surface area contributed by atoms with Crippen molar-refractivity contribution < 1.29 is 0 Å². The molecule has 78 valence electrons. The fourth-order valence-electron chi connectivity index (χ4n) is 2.16. The van der Waals surface area contributed by atoms with Crippen LogP contribution in [-0.4, -0.2) is 18.6 Å². The summed E-state index contributed by atoms with van der Waals surface area (Å²) in [6, 6.07) is 1.35. The van der Waals surface area contributed by atoms with E-state index in [1.165, 1.54) is 25.7 Å². The third-order valence-corrected chi connectivity index (χ3v) is 3.25. The Morgan fingerprint density at radius 2 is 1.92 bits per heavy atom. The van der Waals surface area contributed by atoms with Crippen LogP contribution in [0.5, 0.6) is 0 Å². The van der Waals surface area contributed by atoms with Gasteiger partial charge < -0.3 is 11.1 Å². The van der Waals surface area contributed by atoms with Gasteiger partial charge in [-0.1, -0.05) is 20.8 Å². The highest BCUT2D eigenvalue weighted by molar-refractivity contribution is 4.86. The topological polar surface area (TPSA) is 38.0 Å². The summed E-state index contributed by atoms with van der Waals surface area (Å²) in [6.07, 6.45) is 5.17. The van der Waals surface area contributed by atoms with E-state index in [-0.39, 0.29) is 0 Å². The van der Waals surface area contributed by atoms with Crippen molar-refractivity contribution in [2.75, 3.05) is 6.54 Å². The van der Waals surface area contributed by atoms with Crippen molar-refractivity contribution >= 4 is 0 Å². The van der Waals surface area contributed by atoms with Crippen LogP contribution in [0.2, 0.25) is 0 Å². The van der Waals surface area contributed by atoms with Gasteiger partial charge in [-0.3, -0.25) is 0 Å². The first-order valence-corrected chi connectivity index (χ1v) is 5.52. The predicted octanol–water partition coefficient (Wildman–Crippen LogP) is 1.89. The fraction of sp³-hybridized carbons (Fsp3) is 1.00. The second-order valence-electron chi connectivity index (χ2n) is 5.11. The lowest BCUT2D eigenvalue weighted by Gasteiger charge is -2.37. The molecule has 0 amide bonds. The van der Waals surface area contributed by atoms with Crippen LogP contribution in [0.3, 0.4) is 0 Å². The lowest BCUT2D eigenvalue weighted by molar-refractivity contribution is 0.188. The van der Waals surface area contributed by atoms with E-state index in [1.807, 2.05) is 0 Å². The number of hydrogen-bond acceptors (Lipinski definition) is 2. The van der Waals surface area contributed by atoms with Gasteiger partial charge in [0.2, 0.25) is 0 Å². The molecule has 2 heteroatoms. The highest BCUT2D eigenvalue weighted by atomic mass is 14.9. The van der Waals surface area contributed by atoms with Crippen LogP contribution in [0.25, 0.3) is 0 Å². The van der Waals surface area contributed by atoms with E-state index < -0.39 is 0 Å². The summed E-state index contributed by atoms with van der Waals surface area (Å²) in [5.41, 5.74) is 6.19. The molecule has 0 aliphatic heterocycles. The summed E-state index contributed by atoms with van der Waals surface area (Å²) in [4.78, 5) is 0. The molecule has 13 heavy (non-hydrogen) atoms. The first-order chi connectivity index (χ1) is 6.06. The molecule has 0 radical (unpaired) electrons. The Bertz CT molecular complexity index is 146. The van der Waals surface area contributed by atoms with Crippen molar-refractivity contribution in [3.05, 3.63) is 0 Å². The van der Waals surface area contributed by atoms with Crippen LogP contribution in [0, 0.1) is 5.41 Å². The van der Waals surface area contributed by atoms with Crippen molar-refractivity contribution in [1.29, 1.82) is 0 Å². The molecule has 1 aliphatic rings.